The Bertz CT molecular complexity index is 822. The lowest BCUT2D eigenvalue weighted by molar-refractivity contribution is -0.380. The maximum absolute atomic E-state index is 10.8. The topological polar surface area (TPSA) is 95.2 Å². The van der Waals surface area contributed by atoms with Crippen LogP contribution in [0.25, 0.3) is 21.7 Å². The molecule has 0 amide bonds. The van der Waals surface area contributed by atoms with Crippen LogP contribution in [0.2, 0.25) is 0 Å². The molecule has 0 unspecified atom stereocenters. The molecule has 0 spiro atoms. The van der Waals surface area contributed by atoms with Gasteiger partial charge in [0.05, 0.1) is 15.4 Å². The number of nitrogens with two attached hydrogens (primary N) is 1. The molecule has 0 aliphatic rings. The molecule has 7 heteroatoms. The highest BCUT2D eigenvalue weighted by molar-refractivity contribution is 7.18. The molecule has 1 aromatic carbocycles. The highest BCUT2D eigenvalue weighted by atomic mass is 32.1. The molecule has 0 radical (unpaired) electrons. The van der Waals surface area contributed by atoms with Gasteiger partial charge in [-0.1, -0.05) is 40.8 Å². The van der Waals surface area contributed by atoms with E-state index in [0.717, 1.165) is 22.5 Å². The van der Waals surface area contributed by atoms with Gasteiger partial charge < -0.3 is 10.3 Å². The largest absolute Gasteiger partial charge is 0.367 e. The van der Waals surface area contributed by atoms with Gasteiger partial charge in [0.15, 0.2) is 0 Å². The molecule has 0 saturated carbocycles. The minimum Gasteiger partial charge on any atom is -0.367 e. The van der Waals surface area contributed by atoms with Crippen molar-refractivity contribution in [2.45, 2.75) is 6.92 Å². The number of aromatic nitrogens is 1. The third-order valence-electron chi connectivity index (χ3n) is 3.14. The molecule has 2 aromatic heterocycles. The van der Waals surface area contributed by atoms with Crippen molar-refractivity contribution in [1.82, 2.24) is 5.16 Å². The van der Waals surface area contributed by atoms with Crippen LogP contribution in [0.1, 0.15) is 5.56 Å². The van der Waals surface area contributed by atoms with Crippen LogP contribution in [-0.4, -0.2) is 10.1 Å². The van der Waals surface area contributed by atoms with E-state index in [2.05, 4.69) is 5.16 Å². The quantitative estimate of drug-likeness (QED) is 0.585. The van der Waals surface area contributed by atoms with Crippen LogP contribution in [0.4, 0.5) is 10.9 Å². The molecule has 2 heterocycles. The fraction of sp³-hybridized carbons (Fsp3) is 0.0714. The normalized spacial score (nSPS) is 10.7. The third kappa shape index (κ3) is 2.27. The maximum Gasteiger partial charge on any atom is 0.324 e. The van der Waals surface area contributed by atoms with Gasteiger partial charge in [-0.15, -0.1) is 0 Å². The van der Waals surface area contributed by atoms with Crippen LogP contribution >= 0.6 is 11.3 Å². The number of thiophene rings is 1. The van der Waals surface area contributed by atoms with Gasteiger partial charge in [-0.25, -0.2) is 0 Å². The van der Waals surface area contributed by atoms with E-state index >= 15 is 0 Å². The first-order chi connectivity index (χ1) is 10.1. The average Bonchev–Trinajstić information content (AvgIpc) is 3.06. The summed E-state index contributed by atoms with van der Waals surface area (Å²) in [5.41, 5.74) is 9.02. The molecule has 2 N–H and O–H groups in total. The van der Waals surface area contributed by atoms with Crippen molar-refractivity contribution in [3.05, 3.63) is 52.1 Å². The molecular weight excluding hydrogens is 290 g/mol. The maximum atomic E-state index is 10.8. The summed E-state index contributed by atoms with van der Waals surface area (Å²) >= 11 is 1.04. The zero-order valence-electron chi connectivity index (χ0n) is 11.1. The molecule has 0 bridgehead atoms. The lowest BCUT2D eigenvalue weighted by Gasteiger charge is -2.04. The number of nitrogen functional groups attached to an aromatic ring is 1. The fourth-order valence-corrected chi connectivity index (χ4v) is 2.95. The molecule has 0 saturated heterocycles. The molecule has 0 aliphatic heterocycles. The number of anilines is 1. The Morgan fingerprint density at radius 2 is 2.05 bits per heavy atom. The van der Waals surface area contributed by atoms with Crippen molar-refractivity contribution in [2.24, 2.45) is 0 Å². The summed E-state index contributed by atoms with van der Waals surface area (Å²) in [7, 11) is 0. The third-order valence-corrected chi connectivity index (χ3v) is 4.18. The first-order valence-corrected chi connectivity index (χ1v) is 6.95. The van der Waals surface area contributed by atoms with Crippen LogP contribution < -0.4 is 5.73 Å². The number of hydrogen-bond donors (Lipinski definition) is 1. The summed E-state index contributed by atoms with van der Waals surface area (Å²) in [6.07, 6.45) is 0. The SMILES string of the molecule is Cc1ccccc1-c1c(-c2ccc([N+](=O)[O-])s2)noc1N. The number of nitrogens with zero attached hydrogens (tertiary/aromatic N) is 2. The first-order valence-electron chi connectivity index (χ1n) is 6.13. The number of benzene rings is 1. The standard InChI is InChI=1S/C14H11N3O3S/c1-8-4-2-3-5-9(8)12-13(16-20-14(12)15)10-6-7-11(21-10)17(18)19/h2-7H,15H2,1H3. The Morgan fingerprint density at radius 3 is 2.71 bits per heavy atom. The zero-order chi connectivity index (χ0) is 15.0. The second-order valence-corrected chi connectivity index (χ2v) is 5.54. The lowest BCUT2D eigenvalue weighted by Crippen LogP contribution is -1.89. The lowest BCUT2D eigenvalue weighted by atomic mass is 10.00. The monoisotopic (exact) mass is 301 g/mol. The zero-order valence-corrected chi connectivity index (χ0v) is 11.9. The first kappa shape index (κ1) is 13.3. The van der Waals surface area contributed by atoms with Gasteiger partial charge in [-0.2, -0.15) is 0 Å². The molecule has 3 aromatic rings. The van der Waals surface area contributed by atoms with E-state index in [9.17, 15) is 10.1 Å². The Kier molecular flexibility index (Phi) is 3.19. The second kappa shape index (κ2) is 5.02. The van der Waals surface area contributed by atoms with Gasteiger partial charge in [0.1, 0.15) is 5.69 Å². The smallest absolute Gasteiger partial charge is 0.324 e. The highest BCUT2D eigenvalue weighted by Crippen LogP contribution is 2.41. The number of rotatable bonds is 3. The van der Waals surface area contributed by atoms with Gasteiger partial charge >= 0.3 is 5.00 Å². The van der Waals surface area contributed by atoms with E-state index in [-0.39, 0.29) is 10.9 Å². The van der Waals surface area contributed by atoms with E-state index in [1.54, 1.807) is 6.07 Å². The predicted octanol–water partition coefficient (Wildman–Crippen LogP) is 3.87. The number of nitro groups is 1. The van der Waals surface area contributed by atoms with E-state index in [4.69, 9.17) is 10.3 Å². The molecular formula is C14H11N3O3S. The van der Waals surface area contributed by atoms with Crippen LogP contribution in [0.3, 0.4) is 0 Å². The summed E-state index contributed by atoms with van der Waals surface area (Å²) in [5.74, 6) is 0.204. The van der Waals surface area contributed by atoms with Crippen LogP contribution in [0.5, 0.6) is 0 Å². The summed E-state index contributed by atoms with van der Waals surface area (Å²) in [6, 6.07) is 10.8. The molecule has 21 heavy (non-hydrogen) atoms. The fourth-order valence-electron chi connectivity index (χ4n) is 2.14. The summed E-state index contributed by atoms with van der Waals surface area (Å²) < 4.78 is 5.09. The van der Waals surface area contributed by atoms with Crippen LogP contribution in [0.15, 0.2) is 40.9 Å². The summed E-state index contributed by atoms with van der Waals surface area (Å²) in [6.45, 7) is 1.96. The van der Waals surface area contributed by atoms with Gasteiger partial charge in [0.2, 0.25) is 5.88 Å². The van der Waals surface area contributed by atoms with Crippen molar-refractivity contribution in [3.8, 4) is 21.7 Å². The number of hydrogen-bond acceptors (Lipinski definition) is 6. The van der Waals surface area contributed by atoms with Crippen molar-refractivity contribution >= 4 is 22.2 Å². The second-order valence-electron chi connectivity index (χ2n) is 4.48. The van der Waals surface area contributed by atoms with E-state index < -0.39 is 4.92 Å². The van der Waals surface area contributed by atoms with Crippen molar-refractivity contribution in [2.75, 3.05) is 5.73 Å². The molecule has 0 atom stereocenters. The molecule has 6 nitrogen and oxygen atoms in total. The van der Waals surface area contributed by atoms with E-state index in [1.807, 2.05) is 31.2 Å². The Labute approximate surface area is 124 Å². The van der Waals surface area contributed by atoms with Crippen LogP contribution in [0, 0.1) is 17.0 Å². The average molecular weight is 301 g/mol. The van der Waals surface area contributed by atoms with E-state index in [1.165, 1.54) is 6.07 Å². The Balaban J connectivity index is 2.17. The minimum atomic E-state index is -0.426. The van der Waals surface area contributed by atoms with E-state index in [0.29, 0.717) is 16.1 Å². The van der Waals surface area contributed by atoms with Gasteiger partial charge in [0.25, 0.3) is 0 Å². The molecule has 106 valence electrons. The predicted molar refractivity (Wildman–Crippen MR) is 81.1 cm³/mol. The highest BCUT2D eigenvalue weighted by Gasteiger charge is 2.21. The van der Waals surface area contributed by atoms with Gasteiger partial charge in [-0.3, -0.25) is 10.1 Å². The molecule has 0 aliphatic carbocycles. The molecule has 3 rings (SSSR count). The Morgan fingerprint density at radius 1 is 1.29 bits per heavy atom. The van der Waals surface area contributed by atoms with Gasteiger partial charge in [0, 0.05) is 6.07 Å². The van der Waals surface area contributed by atoms with Crippen molar-refractivity contribution < 1.29 is 9.45 Å². The summed E-state index contributed by atoms with van der Waals surface area (Å²) in [4.78, 5) is 11.0. The minimum absolute atomic E-state index is 0.0577. The van der Waals surface area contributed by atoms with Gasteiger partial charge in [-0.05, 0) is 24.1 Å². The number of aryl methyl sites for hydroxylation is 1. The summed E-state index contributed by atoms with van der Waals surface area (Å²) in [5, 5.41) is 14.8. The van der Waals surface area contributed by atoms with Crippen molar-refractivity contribution in [3.63, 3.8) is 0 Å². The molecule has 0 fully saturated rings. The van der Waals surface area contributed by atoms with Crippen LogP contribution in [-0.2, 0) is 0 Å². The van der Waals surface area contributed by atoms with Crippen molar-refractivity contribution in [1.29, 1.82) is 0 Å². The Hall–Kier alpha value is -2.67.